The van der Waals surface area contributed by atoms with Gasteiger partial charge in [-0.1, -0.05) is 22.0 Å². The van der Waals surface area contributed by atoms with Gasteiger partial charge in [-0.3, -0.25) is 0 Å². The first-order chi connectivity index (χ1) is 9.52. The Morgan fingerprint density at radius 1 is 1.25 bits per heavy atom. The molecule has 0 heterocycles. The van der Waals surface area contributed by atoms with Gasteiger partial charge in [-0.15, -0.1) is 0 Å². The van der Waals surface area contributed by atoms with Crippen LogP contribution in [0.25, 0.3) is 0 Å². The Bertz CT molecular complexity index is 617. The summed E-state index contributed by atoms with van der Waals surface area (Å²) in [5.41, 5.74) is 0.633. The highest BCUT2D eigenvalue weighted by atomic mass is 79.9. The number of aliphatic hydroxyl groups is 1. The molecule has 0 saturated heterocycles. The molecule has 106 valence electrons. The molecule has 0 radical (unpaired) electrons. The van der Waals surface area contributed by atoms with Crippen molar-refractivity contribution in [2.75, 3.05) is 7.11 Å². The molecule has 5 heteroatoms. The Kier molecular flexibility index (Phi) is 4.73. The topological polar surface area (TPSA) is 29.5 Å². The number of rotatable bonds is 4. The van der Waals surface area contributed by atoms with Crippen molar-refractivity contribution in [3.63, 3.8) is 0 Å². The Morgan fingerprint density at radius 2 is 2.00 bits per heavy atom. The third-order valence-corrected chi connectivity index (χ3v) is 3.76. The zero-order chi connectivity index (χ0) is 14.7. The molecule has 0 amide bonds. The van der Waals surface area contributed by atoms with Crippen LogP contribution in [0.3, 0.4) is 0 Å². The van der Waals surface area contributed by atoms with Crippen LogP contribution in [0, 0.1) is 11.6 Å². The molecule has 2 aromatic carbocycles. The molecule has 1 N–H and O–H groups in total. The average molecular weight is 343 g/mol. The van der Waals surface area contributed by atoms with Gasteiger partial charge in [0, 0.05) is 10.9 Å². The van der Waals surface area contributed by atoms with Gasteiger partial charge in [-0.05, 0) is 35.9 Å². The summed E-state index contributed by atoms with van der Waals surface area (Å²) in [6.07, 6.45) is -1.04. The van der Waals surface area contributed by atoms with E-state index in [1.807, 2.05) is 0 Å². The van der Waals surface area contributed by atoms with Gasteiger partial charge >= 0.3 is 0 Å². The molecule has 1 atom stereocenters. The first-order valence-electron chi connectivity index (χ1n) is 5.97. The molecule has 0 bridgehead atoms. The van der Waals surface area contributed by atoms with E-state index in [4.69, 9.17) is 4.74 Å². The first-order valence-corrected chi connectivity index (χ1v) is 6.76. The molecule has 2 aromatic rings. The van der Waals surface area contributed by atoms with Gasteiger partial charge in [0.05, 0.1) is 18.8 Å². The van der Waals surface area contributed by atoms with Crippen LogP contribution in [0.5, 0.6) is 5.75 Å². The van der Waals surface area contributed by atoms with E-state index in [1.54, 1.807) is 12.1 Å². The molecule has 0 spiro atoms. The van der Waals surface area contributed by atoms with E-state index in [0.29, 0.717) is 10.0 Å². The maximum Gasteiger partial charge on any atom is 0.132 e. The predicted octanol–water partition coefficient (Wildman–Crippen LogP) is 4.01. The number of hydrogen-bond donors (Lipinski definition) is 1. The normalized spacial score (nSPS) is 12.2. The fourth-order valence-corrected chi connectivity index (χ4v) is 2.44. The van der Waals surface area contributed by atoms with Gasteiger partial charge < -0.3 is 9.84 Å². The molecule has 2 nitrogen and oxygen atoms in total. The highest BCUT2D eigenvalue weighted by Gasteiger charge is 2.19. The van der Waals surface area contributed by atoms with E-state index < -0.39 is 17.7 Å². The van der Waals surface area contributed by atoms with Crippen molar-refractivity contribution in [2.24, 2.45) is 0 Å². The van der Waals surface area contributed by atoms with E-state index in [0.717, 1.165) is 0 Å². The quantitative estimate of drug-likeness (QED) is 0.909. The second-order valence-electron chi connectivity index (χ2n) is 4.31. The molecule has 20 heavy (non-hydrogen) atoms. The van der Waals surface area contributed by atoms with Gasteiger partial charge in [0.1, 0.15) is 17.4 Å². The number of benzene rings is 2. The van der Waals surface area contributed by atoms with Crippen molar-refractivity contribution >= 4 is 15.9 Å². The Balaban J connectivity index is 2.33. The van der Waals surface area contributed by atoms with E-state index in [2.05, 4.69) is 15.9 Å². The standard InChI is InChI=1S/C15H13BrF2O2/c1-20-14-4-2-3-12(18)15(14)13(19)8-9-7-10(17)5-6-11(9)16/h2-7,13,19H,8H2,1H3. The second-order valence-corrected chi connectivity index (χ2v) is 5.17. The molecule has 0 aliphatic heterocycles. The van der Waals surface area contributed by atoms with Crippen LogP contribution >= 0.6 is 15.9 Å². The number of aliphatic hydroxyl groups excluding tert-OH is 1. The van der Waals surface area contributed by atoms with Crippen LogP contribution < -0.4 is 4.74 Å². The third kappa shape index (κ3) is 3.16. The molecular weight excluding hydrogens is 330 g/mol. The average Bonchev–Trinajstić information content (AvgIpc) is 2.42. The number of hydrogen-bond acceptors (Lipinski definition) is 2. The Hall–Kier alpha value is -1.46. The zero-order valence-electron chi connectivity index (χ0n) is 10.7. The lowest BCUT2D eigenvalue weighted by Gasteiger charge is -2.16. The SMILES string of the molecule is COc1cccc(F)c1C(O)Cc1cc(F)ccc1Br. The summed E-state index contributed by atoms with van der Waals surface area (Å²) in [7, 11) is 1.41. The third-order valence-electron chi connectivity index (χ3n) is 2.99. The Labute approximate surface area is 124 Å². The van der Waals surface area contributed by atoms with Crippen LogP contribution in [0.4, 0.5) is 8.78 Å². The highest BCUT2D eigenvalue weighted by Crippen LogP contribution is 2.31. The molecule has 2 rings (SSSR count). The van der Waals surface area contributed by atoms with Crippen molar-refractivity contribution in [3.05, 3.63) is 63.6 Å². The lowest BCUT2D eigenvalue weighted by atomic mass is 10.00. The summed E-state index contributed by atoms with van der Waals surface area (Å²) in [5.74, 6) is -0.690. The summed E-state index contributed by atoms with van der Waals surface area (Å²) in [6.45, 7) is 0. The molecular formula is C15H13BrF2O2. The van der Waals surface area contributed by atoms with Gasteiger partial charge in [-0.25, -0.2) is 8.78 Å². The van der Waals surface area contributed by atoms with E-state index in [-0.39, 0.29) is 17.7 Å². The smallest absolute Gasteiger partial charge is 0.132 e. The second kappa shape index (κ2) is 6.33. The summed E-state index contributed by atoms with van der Waals surface area (Å²) < 4.78 is 32.8. The van der Waals surface area contributed by atoms with E-state index >= 15 is 0 Å². The first kappa shape index (κ1) is 14.9. The van der Waals surface area contributed by atoms with Crippen molar-refractivity contribution < 1.29 is 18.6 Å². The van der Waals surface area contributed by atoms with Gasteiger partial charge in [-0.2, -0.15) is 0 Å². The molecule has 0 aromatic heterocycles. The van der Waals surface area contributed by atoms with Gasteiger partial charge in [0.15, 0.2) is 0 Å². The number of halogens is 3. The minimum Gasteiger partial charge on any atom is -0.496 e. The fraction of sp³-hybridized carbons (Fsp3) is 0.200. The van der Waals surface area contributed by atoms with Gasteiger partial charge in [0.2, 0.25) is 0 Å². The lowest BCUT2D eigenvalue weighted by molar-refractivity contribution is 0.168. The molecule has 0 fully saturated rings. The van der Waals surface area contributed by atoms with Crippen molar-refractivity contribution in [3.8, 4) is 5.75 Å². The molecule has 0 aliphatic carbocycles. The monoisotopic (exact) mass is 342 g/mol. The number of ether oxygens (including phenoxy) is 1. The minimum absolute atomic E-state index is 0.0751. The molecule has 0 saturated carbocycles. The Morgan fingerprint density at radius 3 is 2.70 bits per heavy atom. The summed E-state index contributed by atoms with van der Waals surface area (Å²) >= 11 is 3.28. The fourth-order valence-electron chi connectivity index (χ4n) is 2.03. The van der Waals surface area contributed by atoms with Crippen molar-refractivity contribution in [2.45, 2.75) is 12.5 Å². The molecule has 0 aliphatic rings. The van der Waals surface area contributed by atoms with Gasteiger partial charge in [0.25, 0.3) is 0 Å². The molecule has 1 unspecified atom stereocenters. The maximum absolute atomic E-state index is 13.8. The largest absolute Gasteiger partial charge is 0.496 e. The number of methoxy groups -OCH3 is 1. The summed E-state index contributed by atoms with van der Waals surface area (Å²) in [4.78, 5) is 0. The van der Waals surface area contributed by atoms with Crippen molar-refractivity contribution in [1.82, 2.24) is 0 Å². The lowest BCUT2D eigenvalue weighted by Crippen LogP contribution is -2.07. The summed E-state index contributed by atoms with van der Waals surface area (Å²) in [6, 6.07) is 8.49. The van der Waals surface area contributed by atoms with Crippen LogP contribution in [0.15, 0.2) is 40.9 Å². The van der Waals surface area contributed by atoms with Crippen molar-refractivity contribution in [1.29, 1.82) is 0 Å². The van der Waals surface area contributed by atoms with E-state index in [1.165, 1.54) is 31.4 Å². The van der Waals surface area contributed by atoms with E-state index in [9.17, 15) is 13.9 Å². The van der Waals surface area contributed by atoms with Crippen LogP contribution in [-0.2, 0) is 6.42 Å². The maximum atomic E-state index is 13.8. The predicted molar refractivity (Wildman–Crippen MR) is 75.7 cm³/mol. The minimum atomic E-state index is -1.12. The highest BCUT2D eigenvalue weighted by molar-refractivity contribution is 9.10. The summed E-state index contributed by atoms with van der Waals surface area (Å²) in [5, 5.41) is 10.2. The van der Waals surface area contributed by atoms with Crippen LogP contribution in [0.1, 0.15) is 17.2 Å². The van der Waals surface area contributed by atoms with Crippen LogP contribution in [-0.4, -0.2) is 12.2 Å². The zero-order valence-corrected chi connectivity index (χ0v) is 12.3. The van der Waals surface area contributed by atoms with Crippen LogP contribution in [0.2, 0.25) is 0 Å².